The quantitative estimate of drug-likeness (QED) is 0.473. The fourth-order valence-corrected chi connectivity index (χ4v) is 2.73. The summed E-state index contributed by atoms with van der Waals surface area (Å²) in [6.07, 6.45) is 1.57. The number of hydrogen-bond donors (Lipinski definition) is 1. The summed E-state index contributed by atoms with van der Waals surface area (Å²) in [5.41, 5.74) is 7.20. The third-order valence-corrected chi connectivity index (χ3v) is 4.57. The molecule has 0 saturated heterocycles. The van der Waals surface area contributed by atoms with Crippen molar-refractivity contribution in [3.8, 4) is 11.5 Å². The molecule has 3 rings (SSSR count). The molecule has 0 heterocycles. The molecule has 0 aliphatic rings. The minimum Gasteiger partial charge on any atom is -0.493 e. The number of ether oxygens (including phenoxy) is 2. The SMILES string of the molecule is COc1cc(/C=N/NC(=O)c2ccc(C)c(C)c2)ccc1OCc1ccccc1. The second kappa shape index (κ2) is 9.55. The van der Waals surface area contributed by atoms with Gasteiger partial charge in [-0.25, -0.2) is 5.43 Å². The number of benzene rings is 3. The number of amides is 1. The highest BCUT2D eigenvalue weighted by molar-refractivity contribution is 5.95. The molecule has 0 aliphatic heterocycles. The number of aryl methyl sites for hydroxylation is 2. The van der Waals surface area contributed by atoms with E-state index in [1.54, 1.807) is 19.4 Å². The standard InChI is InChI=1S/C24H24N2O3/c1-17-9-11-21(13-18(17)2)24(27)26-25-15-20-10-12-22(23(14-20)28-3)29-16-19-7-5-4-6-8-19/h4-15H,16H2,1-3H3,(H,26,27)/b25-15+. The topological polar surface area (TPSA) is 59.9 Å². The Balaban J connectivity index is 1.63. The molecule has 0 radical (unpaired) electrons. The van der Waals surface area contributed by atoms with Gasteiger partial charge in [0.05, 0.1) is 13.3 Å². The van der Waals surface area contributed by atoms with Crippen LogP contribution in [0.25, 0.3) is 0 Å². The van der Waals surface area contributed by atoms with Crippen molar-refractivity contribution in [1.29, 1.82) is 0 Å². The van der Waals surface area contributed by atoms with Crippen molar-refractivity contribution in [1.82, 2.24) is 5.43 Å². The van der Waals surface area contributed by atoms with Crippen LogP contribution in [-0.2, 0) is 6.61 Å². The first-order valence-corrected chi connectivity index (χ1v) is 9.32. The highest BCUT2D eigenvalue weighted by atomic mass is 16.5. The Hall–Kier alpha value is -3.60. The molecule has 0 unspecified atom stereocenters. The van der Waals surface area contributed by atoms with Crippen LogP contribution in [0.5, 0.6) is 11.5 Å². The largest absolute Gasteiger partial charge is 0.493 e. The second-order valence-corrected chi connectivity index (χ2v) is 6.68. The molecule has 5 nitrogen and oxygen atoms in total. The van der Waals surface area contributed by atoms with Gasteiger partial charge >= 0.3 is 0 Å². The number of hydrazone groups is 1. The predicted octanol–water partition coefficient (Wildman–Crippen LogP) is 4.65. The molecular weight excluding hydrogens is 364 g/mol. The fraction of sp³-hybridized carbons (Fsp3) is 0.167. The van der Waals surface area contributed by atoms with E-state index in [1.807, 2.05) is 74.5 Å². The molecule has 1 amide bonds. The van der Waals surface area contributed by atoms with Crippen molar-refractivity contribution in [3.05, 3.63) is 94.5 Å². The summed E-state index contributed by atoms with van der Waals surface area (Å²) in [6.45, 7) is 4.44. The van der Waals surface area contributed by atoms with Crippen molar-refractivity contribution in [3.63, 3.8) is 0 Å². The lowest BCUT2D eigenvalue weighted by Gasteiger charge is -2.11. The van der Waals surface area contributed by atoms with E-state index in [0.29, 0.717) is 23.7 Å². The molecule has 3 aromatic rings. The van der Waals surface area contributed by atoms with Crippen molar-refractivity contribution in [2.75, 3.05) is 7.11 Å². The second-order valence-electron chi connectivity index (χ2n) is 6.68. The van der Waals surface area contributed by atoms with Gasteiger partial charge in [-0.05, 0) is 66.4 Å². The van der Waals surface area contributed by atoms with E-state index < -0.39 is 0 Å². The van der Waals surface area contributed by atoms with Crippen molar-refractivity contribution in [2.24, 2.45) is 5.10 Å². The maximum absolute atomic E-state index is 12.2. The summed E-state index contributed by atoms with van der Waals surface area (Å²) < 4.78 is 11.3. The minimum atomic E-state index is -0.251. The van der Waals surface area contributed by atoms with E-state index in [-0.39, 0.29) is 5.91 Å². The first-order chi connectivity index (χ1) is 14.1. The average molecular weight is 388 g/mol. The van der Waals surface area contributed by atoms with Gasteiger partial charge in [0.25, 0.3) is 5.91 Å². The summed E-state index contributed by atoms with van der Waals surface area (Å²) in [6, 6.07) is 21.0. The van der Waals surface area contributed by atoms with Crippen LogP contribution < -0.4 is 14.9 Å². The van der Waals surface area contributed by atoms with Crippen LogP contribution in [0.3, 0.4) is 0 Å². The first kappa shape index (κ1) is 20.1. The molecule has 0 saturated carbocycles. The monoisotopic (exact) mass is 388 g/mol. The molecule has 0 aliphatic carbocycles. The summed E-state index contributed by atoms with van der Waals surface area (Å²) in [7, 11) is 1.59. The van der Waals surface area contributed by atoms with Crippen LogP contribution in [0.15, 0.2) is 71.8 Å². The van der Waals surface area contributed by atoms with Gasteiger partial charge < -0.3 is 9.47 Å². The highest BCUT2D eigenvalue weighted by Gasteiger charge is 2.07. The lowest BCUT2D eigenvalue weighted by atomic mass is 10.1. The Morgan fingerprint density at radius 1 is 0.966 bits per heavy atom. The van der Waals surface area contributed by atoms with Crippen LogP contribution in [0, 0.1) is 13.8 Å². The molecule has 0 spiro atoms. The molecule has 29 heavy (non-hydrogen) atoms. The first-order valence-electron chi connectivity index (χ1n) is 9.32. The maximum atomic E-state index is 12.2. The molecule has 3 aromatic carbocycles. The van der Waals surface area contributed by atoms with Gasteiger partial charge in [0.1, 0.15) is 6.61 Å². The third kappa shape index (κ3) is 5.45. The van der Waals surface area contributed by atoms with Crippen molar-refractivity contribution < 1.29 is 14.3 Å². The Bertz CT molecular complexity index is 1010. The molecule has 0 bridgehead atoms. The zero-order valence-electron chi connectivity index (χ0n) is 16.8. The zero-order chi connectivity index (χ0) is 20.6. The number of methoxy groups -OCH3 is 1. The number of rotatable bonds is 7. The minimum absolute atomic E-state index is 0.251. The van der Waals surface area contributed by atoms with E-state index in [2.05, 4.69) is 10.5 Å². The Kier molecular flexibility index (Phi) is 6.63. The predicted molar refractivity (Wildman–Crippen MR) is 115 cm³/mol. The van der Waals surface area contributed by atoms with Gasteiger partial charge in [-0.2, -0.15) is 5.10 Å². The lowest BCUT2D eigenvalue weighted by Crippen LogP contribution is -2.17. The summed E-state index contributed by atoms with van der Waals surface area (Å²) in [5.74, 6) is 0.997. The van der Waals surface area contributed by atoms with Crippen molar-refractivity contribution >= 4 is 12.1 Å². The molecule has 148 valence electrons. The Labute approximate surface area is 171 Å². The fourth-order valence-electron chi connectivity index (χ4n) is 2.73. The van der Waals surface area contributed by atoms with Gasteiger partial charge in [0.15, 0.2) is 11.5 Å². The molecular formula is C24H24N2O3. The van der Waals surface area contributed by atoms with Crippen molar-refractivity contribution in [2.45, 2.75) is 20.5 Å². The molecule has 1 N–H and O–H groups in total. The number of hydrogen-bond acceptors (Lipinski definition) is 4. The summed E-state index contributed by atoms with van der Waals surface area (Å²) in [5, 5.41) is 4.05. The third-order valence-electron chi connectivity index (χ3n) is 4.57. The van der Waals surface area contributed by atoms with Gasteiger partial charge in [-0.15, -0.1) is 0 Å². The van der Waals surface area contributed by atoms with E-state index in [1.165, 1.54) is 0 Å². The summed E-state index contributed by atoms with van der Waals surface area (Å²) in [4.78, 5) is 12.2. The van der Waals surface area contributed by atoms with Crippen LogP contribution in [0.4, 0.5) is 0 Å². The van der Waals surface area contributed by atoms with Crippen LogP contribution in [0.1, 0.15) is 32.6 Å². The smallest absolute Gasteiger partial charge is 0.271 e. The van der Waals surface area contributed by atoms with E-state index >= 15 is 0 Å². The lowest BCUT2D eigenvalue weighted by molar-refractivity contribution is 0.0955. The van der Waals surface area contributed by atoms with Gasteiger partial charge in [-0.3, -0.25) is 4.79 Å². The van der Waals surface area contributed by atoms with Gasteiger partial charge in [0.2, 0.25) is 0 Å². The van der Waals surface area contributed by atoms with E-state index in [9.17, 15) is 4.79 Å². The number of nitrogens with one attached hydrogen (secondary N) is 1. The molecule has 0 fully saturated rings. The Morgan fingerprint density at radius 2 is 1.76 bits per heavy atom. The normalized spacial score (nSPS) is 10.7. The van der Waals surface area contributed by atoms with Gasteiger partial charge in [0, 0.05) is 5.56 Å². The van der Waals surface area contributed by atoms with Crippen LogP contribution in [0.2, 0.25) is 0 Å². The van der Waals surface area contributed by atoms with Gasteiger partial charge in [-0.1, -0.05) is 36.4 Å². The van der Waals surface area contributed by atoms with E-state index in [0.717, 1.165) is 22.3 Å². The average Bonchev–Trinajstić information content (AvgIpc) is 2.75. The maximum Gasteiger partial charge on any atom is 0.271 e. The summed E-state index contributed by atoms with van der Waals surface area (Å²) >= 11 is 0. The molecule has 0 atom stereocenters. The highest BCUT2D eigenvalue weighted by Crippen LogP contribution is 2.28. The van der Waals surface area contributed by atoms with E-state index in [4.69, 9.17) is 9.47 Å². The van der Waals surface area contributed by atoms with Crippen LogP contribution >= 0.6 is 0 Å². The molecule has 5 heteroatoms. The number of carbonyl (C=O) groups is 1. The Morgan fingerprint density at radius 3 is 2.48 bits per heavy atom. The molecule has 0 aromatic heterocycles. The zero-order valence-corrected chi connectivity index (χ0v) is 16.8. The van der Waals surface area contributed by atoms with Crippen LogP contribution in [-0.4, -0.2) is 19.2 Å². The number of carbonyl (C=O) groups excluding carboxylic acids is 1. The number of nitrogens with zero attached hydrogens (tertiary/aromatic N) is 1.